The lowest BCUT2D eigenvalue weighted by molar-refractivity contribution is 0.112. The second-order valence-electron chi connectivity index (χ2n) is 3.09. The number of ether oxygens (including phenoxy) is 1. The number of nitrogens with one attached hydrogen (secondary N) is 1. The van der Waals surface area contributed by atoms with Crippen LogP contribution in [0.1, 0.15) is 10.4 Å². The predicted octanol–water partition coefficient (Wildman–Crippen LogP) is 1.35. The van der Waals surface area contributed by atoms with E-state index in [1.54, 1.807) is 25.3 Å². The van der Waals surface area contributed by atoms with Crippen LogP contribution in [0.15, 0.2) is 29.1 Å². The van der Waals surface area contributed by atoms with Gasteiger partial charge in [0.1, 0.15) is 5.75 Å². The van der Waals surface area contributed by atoms with Gasteiger partial charge < -0.3 is 9.72 Å². The fourth-order valence-corrected chi connectivity index (χ4v) is 1.48. The maximum Gasteiger partial charge on any atom is 0.259 e. The molecule has 4 heteroatoms. The normalized spacial score (nSPS) is 10.2. The Morgan fingerprint density at radius 1 is 1.40 bits per heavy atom. The molecule has 15 heavy (non-hydrogen) atoms. The lowest BCUT2D eigenvalue weighted by Crippen LogP contribution is -2.11. The molecule has 1 aromatic carbocycles. The van der Waals surface area contributed by atoms with Crippen molar-refractivity contribution in [1.29, 1.82) is 0 Å². The summed E-state index contributed by atoms with van der Waals surface area (Å²) in [6, 6.07) is 6.83. The average Bonchev–Trinajstić information content (AvgIpc) is 2.27. The van der Waals surface area contributed by atoms with Gasteiger partial charge in [0.15, 0.2) is 6.29 Å². The molecule has 0 saturated heterocycles. The van der Waals surface area contributed by atoms with E-state index in [4.69, 9.17) is 4.74 Å². The largest absolute Gasteiger partial charge is 0.496 e. The molecule has 0 atom stereocenters. The Balaban J connectivity index is 2.87. The molecular weight excluding hydrogens is 194 g/mol. The van der Waals surface area contributed by atoms with E-state index in [1.807, 2.05) is 0 Å². The molecule has 1 heterocycles. The van der Waals surface area contributed by atoms with Crippen molar-refractivity contribution in [3.63, 3.8) is 0 Å². The van der Waals surface area contributed by atoms with E-state index in [9.17, 15) is 9.59 Å². The zero-order valence-corrected chi connectivity index (χ0v) is 8.11. The van der Waals surface area contributed by atoms with Crippen molar-refractivity contribution in [2.24, 2.45) is 0 Å². The second-order valence-corrected chi connectivity index (χ2v) is 3.09. The van der Waals surface area contributed by atoms with Crippen molar-refractivity contribution >= 4 is 17.2 Å². The molecule has 0 saturated carbocycles. The summed E-state index contributed by atoms with van der Waals surface area (Å²) < 4.78 is 5.13. The SMILES string of the molecule is COc1cccc2[nH]c(=O)c(C=O)cc12. The third-order valence-electron chi connectivity index (χ3n) is 2.22. The molecular formula is C11H9NO3. The highest BCUT2D eigenvalue weighted by Crippen LogP contribution is 2.22. The van der Waals surface area contributed by atoms with Gasteiger partial charge in [0, 0.05) is 5.39 Å². The number of fused-ring (bicyclic) bond motifs is 1. The monoisotopic (exact) mass is 203 g/mol. The number of pyridine rings is 1. The maximum absolute atomic E-state index is 11.3. The first-order chi connectivity index (χ1) is 7.26. The number of hydrogen-bond acceptors (Lipinski definition) is 3. The molecule has 0 aliphatic carbocycles. The number of aromatic nitrogens is 1. The predicted molar refractivity (Wildman–Crippen MR) is 56.5 cm³/mol. The van der Waals surface area contributed by atoms with Gasteiger partial charge in [-0.3, -0.25) is 9.59 Å². The van der Waals surface area contributed by atoms with Crippen LogP contribution in [0, 0.1) is 0 Å². The van der Waals surface area contributed by atoms with E-state index in [1.165, 1.54) is 6.07 Å². The molecule has 0 bridgehead atoms. The Morgan fingerprint density at radius 3 is 2.87 bits per heavy atom. The van der Waals surface area contributed by atoms with E-state index in [2.05, 4.69) is 4.98 Å². The van der Waals surface area contributed by atoms with Crippen molar-refractivity contribution in [3.05, 3.63) is 40.2 Å². The fraction of sp³-hybridized carbons (Fsp3) is 0.0909. The minimum absolute atomic E-state index is 0.104. The van der Waals surface area contributed by atoms with Gasteiger partial charge in [-0.25, -0.2) is 0 Å². The van der Waals surface area contributed by atoms with Crippen molar-refractivity contribution in [3.8, 4) is 5.75 Å². The molecule has 0 unspecified atom stereocenters. The van der Waals surface area contributed by atoms with E-state index in [0.29, 0.717) is 17.6 Å². The van der Waals surface area contributed by atoms with Crippen LogP contribution in [-0.4, -0.2) is 18.4 Å². The molecule has 2 rings (SSSR count). The first kappa shape index (κ1) is 9.45. The quantitative estimate of drug-likeness (QED) is 0.749. The molecule has 0 fully saturated rings. The van der Waals surface area contributed by atoms with Gasteiger partial charge in [-0.2, -0.15) is 0 Å². The maximum atomic E-state index is 11.3. The summed E-state index contributed by atoms with van der Waals surface area (Å²) in [6.07, 6.45) is 0.532. The zero-order valence-electron chi connectivity index (χ0n) is 8.11. The number of H-pyrrole nitrogens is 1. The Hall–Kier alpha value is -2.10. The zero-order chi connectivity index (χ0) is 10.8. The number of hydrogen-bond donors (Lipinski definition) is 1. The Labute approximate surface area is 85.5 Å². The summed E-state index contributed by atoms with van der Waals surface area (Å²) in [5, 5.41) is 0.724. The highest BCUT2D eigenvalue weighted by molar-refractivity contribution is 5.89. The number of benzene rings is 1. The third-order valence-corrected chi connectivity index (χ3v) is 2.22. The lowest BCUT2D eigenvalue weighted by Gasteiger charge is -2.04. The third kappa shape index (κ3) is 1.50. The molecule has 1 N–H and O–H groups in total. The molecule has 76 valence electrons. The summed E-state index contributed by atoms with van der Waals surface area (Å²) >= 11 is 0. The van der Waals surface area contributed by atoms with Crippen molar-refractivity contribution in [2.45, 2.75) is 0 Å². The summed E-state index contributed by atoms with van der Waals surface area (Å²) in [7, 11) is 1.54. The number of aromatic amines is 1. The average molecular weight is 203 g/mol. The number of carbonyl (C=O) groups excluding carboxylic acids is 1. The van der Waals surface area contributed by atoms with E-state index < -0.39 is 0 Å². The Kier molecular flexibility index (Phi) is 2.25. The molecule has 1 aromatic heterocycles. The van der Waals surface area contributed by atoms with Gasteiger partial charge in [-0.05, 0) is 18.2 Å². The first-order valence-electron chi connectivity index (χ1n) is 4.41. The van der Waals surface area contributed by atoms with Crippen LogP contribution in [0.3, 0.4) is 0 Å². The molecule has 0 aliphatic rings. The number of rotatable bonds is 2. The number of aldehydes is 1. The lowest BCUT2D eigenvalue weighted by atomic mass is 10.1. The van der Waals surface area contributed by atoms with Crippen LogP contribution in [0.5, 0.6) is 5.75 Å². The van der Waals surface area contributed by atoms with Crippen LogP contribution < -0.4 is 10.3 Å². The number of methoxy groups -OCH3 is 1. The van der Waals surface area contributed by atoms with Crippen molar-refractivity contribution < 1.29 is 9.53 Å². The Bertz CT molecular complexity index is 572. The standard InChI is InChI=1S/C11H9NO3/c1-15-10-4-2-3-9-8(10)5-7(6-13)11(14)12-9/h2-6H,1H3,(H,12,14). The van der Waals surface area contributed by atoms with Gasteiger partial charge in [0.05, 0.1) is 18.2 Å². The van der Waals surface area contributed by atoms with Crippen LogP contribution in [0.25, 0.3) is 10.9 Å². The van der Waals surface area contributed by atoms with E-state index in [-0.39, 0.29) is 11.1 Å². The fourth-order valence-electron chi connectivity index (χ4n) is 1.48. The minimum Gasteiger partial charge on any atom is -0.496 e. The van der Waals surface area contributed by atoms with Gasteiger partial charge in [0.2, 0.25) is 0 Å². The molecule has 4 nitrogen and oxygen atoms in total. The smallest absolute Gasteiger partial charge is 0.259 e. The summed E-state index contributed by atoms with van der Waals surface area (Å²) in [5.41, 5.74) is 0.378. The summed E-state index contributed by atoms with van der Waals surface area (Å²) in [5.74, 6) is 0.631. The van der Waals surface area contributed by atoms with Gasteiger partial charge in [-0.1, -0.05) is 6.07 Å². The first-order valence-corrected chi connectivity index (χ1v) is 4.41. The van der Waals surface area contributed by atoms with Gasteiger partial charge in [-0.15, -0.1) is 0 Å². The number of carbonyl (C=O) groups is 1. The highest BCUT2D eigenvalue weighted by atomic mass is 16.5. The molecule has 0 spiro atoms. The molecule has 2 aromatic rings. The van der Waals surface area contributed by atoms with Crippen LogP contribution in [0.2, 0.25) is 0 Å². The Morgan fingerprint density at radius 2 is 2.20 bits per heavy atom. The van der Waals surface area contributed by atoms with E-state index >= 15 is 0 Å². The van der Waals surface area contributed by atoms with Gasteiger partial charge in [0.25, 0.3) is 5.56 Å². The summed E-state index contributed by atoms with van der Waals surface area (Å²) in [6.45, 7) is 0. The van der Waals surface area contributed by atoms with Crippen molar-refractivity contribution in [1.82, 2.24) is 4.98 Å². The van der Waals surface area contributed by atoms with Crippen LogP contribution >= 0.6 is 0 Å². The van der Waals surface area contributed by atoms with Crippen LogP contribution in [0.4, 0.5) is 0 Å². The summed E-state index contributed by atoms with van der Waals surface area (Å²) in [4.78, 5) is 24.6. The molecule has 0 aliphatic heterocycles. The minimum atomic E-state index is -0.384. The highest BCUT2D eigenvalue weighted by Gasteiger charge is 2.05. The topological polar surface area (TPSA) is 59.2 Å². The molecule has 0 radical (unpaired) electrons. The van der Waals surface area contributed by atoms with E-state index in [0.717, 1.165) is 5.39 Å². The van der Waals surface area contributed by atoms with Crippen LogP contribution in [-0.2, 0) is 0 Å². The van der Waals surface area contributed by atoms with Crippen molar-refractivity contribution in [2.75, 3.05) is 7.11 Å². The molecule has 0 amide bonds. The second kappa shape index (κ2) is 3.57. The van der Waals surface area contributed by atoms with Gasteiger partial charge >= 0.3 is 0 Å².